The quantitative estimate of drug-likeness (QED) is 0.561. The number of rotatable bonds is 7. The molecule has 192 valence electrons. The van der Waals surface area contributed by atoms with Crippen LogP contribution in [0.1, 0.15) is 43.4 Å². The molecule has 1 saturated carbocycles. The summed E-state index contributed by atoms with van der Waals surface area (Å²) >= 11 is 6.29. The number of amides is 1. The number of carbonyl (C=O) groups excluding carboxylic acids is 1. The van der Waals surface area contributed by atoms with Crippen molar-refractivity contribution in [2.24, 2.45) is 5.92 Å². The van der Waals surface area contributed by atoms with E-state index < -0.39 is 27.2 Å². The highest BCUT2D eigenvalue weighted by Crippen LogP contribution is 2.50. The topological polar surface area (TPSA) is 77.9 Å². The summed E-state index contributed by atoms with van der Waals surface area (Å²) in [7, 11) is -3.58. The number of nitrogens with zero attached hydrogens (tertiary/aromatic N) is 2. The van der Waals surface area contributed by atoms with Gasteiger partial charge in [0.1, 0.15) is 5.82 Å². The van der Waals surface area contributed by atoms with E-state index in [1.165, 1.54) is 29.2 Å². The Hall–Kier alpha value is -1.71. The van der Waals surface area contributed by atoms with Crippen molar-refractivity contribution in [2.75, 3.05) is 30.8 Å². The van der Waals surface area contributed by atoms with Crippen molar-refractivity contribution in [3.63, 3.8) is 0 Å². The molecule has 1 N–H and O–H groups in total. The van der Waals surface area contributed by atoms with Gasteiger partial charge in [0.25, 0.3) is 5.91 Å². The first kappa shape index (κ1) is 27.9. The molecule has 1 aliphatic heterocycles. The molecule has 1 atom stereocenters. The minimum absolute atomic E-state index is 0. The van der Waals surface area contributed by atoms with Gasteiger partial charge in [-0.25, -0.2) is 12.8 Å². The molecule has 0 spiro atoms. The fourth-order valence-corrected chi connectivity index (χ4v) is 6.46. The van der Waals surface area contributed by atoms with Crippen molar-refractivity contribution in [1.29, 1.82) is 0 Å². The fraction of sp³-hybridized carbons (Fsp3) is 0.480. The molecule has 6 nitrogen and oxygen atoms in total. The lowest BCUT2D eigenvalue weighted by Gasteiger charge is -2.43. The van der Waals surface area contributed by atoms with Gasteiger partial charge in [0.2, 0.25) is 5.60 Å². The highest BCUT2D eigenvalue weighted by molar-refractivity contribution is 7.90. The van der Waals surface area contributed by atoms with Crippen LogP contribution in [0.4, 0.5) is 10.1 Å². The van der Waals surface area contributed by atoms with Crippen LogP contribution in [-0.2, 0) is 20.2 Å². The number of hydrogen-bond acceptors (Lipinski definition) is 5. The number of anilines is 1. The first-order valence-electron chi connectivity index (χ1n) is 11.5. The van der Waals surface area contributed by atoms with Crippen LogP contribution in [0, 0.1) is 18.7 Å². The van der Waals surface area contributed by atoms with E-state index in [0.29, 0.717) is 23.8 Å². The Morgan fingerprint density at radius 2 is 1.83 bits per heavy atom. The number of aryl methyl sites for hydroxylation is 1. The van der Waals surface area contributed by atoms with Crippen molar-refractivity contribution >= 4 is 45.4 Å². The second-order valence-corrected chi connectivity index (χ2v) is 11.8. The van der Waals surface area contributed by atoms with Gasteiger partial charge in [-0.1, -0.05) is 31.5 Å². The molecule has 0 saturated heterocycles. The third kappa shape index (κ3) is 4.60. The Bertz CT molecular complexity index is 1230. The van der Waals surface area contributed by atoms with Crippen LogP contribution in [0.5, 0.6) is 0 Å². The number of sulfone groups is 1. The molecule has 4 rings (SSSR count). The Labute approximate surface area is 217 Å². The van der Waals surface area contributed by atoms with Crippen molar-refractivity contribution in [3.8, 4) is 0 Å². The molecule has 35 heavy (non-hydrogen) atoms. The number of aliphatic hydroxyl groups is 1. The molecule has 1 unspecified atom stereocenters. The zero-order valence-corrected chi connectivity index (χ0v) is 22.6. The van der Waals surface area contributed by atoms with Gasteiger partial charge in [0.05, 0.1) is 21.2 Å². The maximum absolute atomic E-state index is 15.0. The lowest BCUT2D eigenvalue weighted by Crippen LogP contribution is -2.50. The average Bonchev–Trinajstić information content (AvgIpc) is 2.94. The van der Waals surface area contributed by atoms with Gasteiger partial charge < -0.3 is 14.9 Å². The summed E-state index contributed by atoms with van der Waals surface area (Å²) in [5.74, 6) is -1.33. The normalized spacial score (nSPS) is 23.8. The number of carbonyl (C=O) groups is 1. The predicted molar refractivity (Wildman–Crippen MR) is 138 cm³/mol. The van der Waals surface area contributed by atoms with Crippen LogP contribution in [0.2, 0.25) is 5.02 Å². The standard InChI is InChI=1S/C25H30ClFN2O4S.ClH/c1-5-28(6-2)17-11-16(12-17)14-29-21-13-18(34(4,32)33)10-15(3)22(21)25(31,24(29)30)23-19(26)8-7-9-20(23)27;/h7-10,13,16-17,31H,5-6,11-12,14H2,1-4H3;1H. The zero-order valence-electron chi connectivity index (χ0n) is 20.2. The third-order valence-electron chi connectivity index (χ3n) is 7.23. The fourth-order valence-electron chi connectivity index (χ4n) is 5.45. The van der Waals surface area contributed by atoms with Crippen LogP contribution in [0.15, 0.2) is 35.2 Å². The molecule has 1 heterocycles. The van der Waals surface area contributed by atoms with Gasteiger partial charge in [-0.15, -0.1) is 12.4 Å². The highest BCUT2D eigenvalue weighted by Gasteiger charge is 2.55. The van der Waals surface area contributed by atoms with Crippen LogP contribution in [0.3, 0.4) is 0 Å². The lowest BCUT2D eigenvalue weighted by atomic mass is 9.78. The Morgan fingerprint density at radius 3 is 2.37 bits per heavy atom. The summed E-state index contributed by atoms with van der Waals surface area (Å²) in [6.45, 7) is 8.05. The minimum atomic E-state index is -3.58. The summed E-state index contributed by atoms with van der Waals surface area (Å²) in [5.41, 5.74) is -1.81. The predicted octanol–water partition coefficient (Wildman–Crippen LogP) is 4.32. The van der Waals surface area contributed by atoms with Crippen LogP contribution >= 0.6 is 24.0 Å². The summed E-state index contributed by atoms with van der Waals surface area (Å²) in [5, 5.41) is 11.8. The summed E-state index contributed by atoms with van der Waals surface area (Å²) in [6, 6.07) is 7.22. The minimum Gasteiger partial charge on any atom is -0.372 e. The van der Waals surface area contributed by atoms with Crippen LogP contribution in [-0.4, -0.2) is 56.3 Å². The van der Waals surface area contributed by atoms with E-state index in [0.717, 1.165) is 38.3 Å². The van der Waals surface area contributed by atoms with Gasteiger partial charge >= 0.3 is 0 Å². The van der Waals surface area contributed by atoms with Crippen LogP contribution < -0.4 is 4.90 Å². The number of hydrogen-bond donors (Lipinski definition) is 1. The van der Waals surface area contributed by atoms with E-state index in [9.17, 15) is 22.7 Å². The molecule has 2 aliphatic rings. The van der Waals surface area contributed by atoms with E-state index in [2.05, 4.69) is 18.7 Å². The third-order valence-corrected chi connectivity index (χ3v) is 8.64. The average molecular weight is 546 g/mol. The maximum Gasteiger partial charge on any atom is 0.268 e. The first-order valence-corrected chi connectivity index (χ1v) is 13.8. The SMILES string of the molecule is CCN(CC)C1CC(CN2C(=O)C(O)(c3c(F)cccc3Cl)c3c(C)cc(S(C)(=O)=O)cc32)C1.Cl. The molecule has 1 fully saturated rings. The van der Waals surface area contributed by atoms with Gasteiger partial charge in [0, 0.05) is 24.4 Å². The Morgan fingerprint density at radius 1 is 1.20 bits per heavy atom. The largest absolute Gasteiger partial charge is 0.372 e. The van der Waals surface area contributed by atoms with Crippen LogP contribution in [0.25, 0.3) is 0 Å². The molecule has 0 radical (unpaired) electrons. The molecular formula is C25H31Cl2FN2O4S. The molecule has 1 aliphatic carbocycles. The number of halogens is 3. The molecule has 2 aromatic rings. The number of benzene rings is 2. The van der Waals surface area contributed by atoms with Gasteiger partial charge in [-0.2, -0.15) is 0 Å². The summed E-state index contributed by atoms with van der Waals surface area (Å²) in [6.07, 6.45) is 2.88. The second-order valence-electron chi connectivity index (χ2n) is 9.34. The molecule has 10 heteroatoms. The smallest absolute Gasteiger partial charge is 0.268 e. The summed E-state index contributed by atoms with van der Waals surface area (Å²) in [4.78, 5) is 17.6. The zero-order chi connectivity index (χ0) is 25.0. The van der Waals surface area contributed by atoms with Gasteiger partial charge in [-0.3, -0.25) is 4.79 Å². The van der Waals surface area contributed by atoms with E-state index in [1.54, 1.807) is 6.92 Å². The first-order chi connectivity index (χ1) is 15.9. The number of fused-ring (bicyclic) bond motifs is 1. The van der Waals surface area contributed by atoms with Crippen molar-refractivity contribution in [1.82, 2.24) is 4.90 Å². The molecule has 1 amide bonds. The summed E-state index contributed by atoms with van der Waals surface area (Å²) < 4.78 is 39.7. The Balaban J connectivity index is 0.00000342. The van der Waals surface area contributed by atoms with E-state index in [4.69, 9.17) is 11.6 Å². The van der Waals surface area contributed by atoms with Gasteiger partial charge in [-0.05, 0) is 68.6 Å². The lowest BCUT2D eigenvalue weighted by molar-refractivity contribution is -0.132. The van der Waals surface area contributed by atoms with Crippen molar-refractivity contribution < 1.29 is 22.7 Å². The van der Waals surface area contributed by atoms with Gasteiger partial charge in [0.15, 0.2) is 9.84 Å². The second kappa shape index (κ2) is 9.98. The molecule has 0 aromatic heterocycles. The molecule has 0 bridgehead atoms. The van der Waals surface area contributed by atoms with E-state index in [-0.39, 0.29) is 39.4 Å². The van der Waals surface area contributed by atoms with Crippen molar-refractivity contribution in [3.05, 3.63) is 57.9 Å². The Kier molecular flexibility index (Phi) is 7.95. The monoisotopic (exact) mass is 544 g/mol. The van der Waals surface area contributed by atoms with Crippen molar-refractivity contribution in [2.45, 2.75) is 50.2 Å². The van der Waals surface area contributed by atoms with E-state index >= 15 is 0 Å². The highest BCUT2D eigenvalue weighted by atomic mass is 35.5. The molecular weight excluding hydrogens is 514 g/mol. The molecule has 2 aromatic carbocycles. The maximum atomic E-state index is 15.0. The van der Waals surface area contributed by atoms with E-state index in [1.807, 2.05) is 0 Å².